The molecule has 3 rings (SSSR count). The van der Waals surface area contributed by atoms with Crippen LogP contribution in [-0.2, 0) is 31.2 Å². The fourth-order valence-corrected chi connectivity index (χ4v) is 3.55. The molecule has 27 heavy (non-hydrogen) atoms. The molecule has 5 heteroatoms. The second kappa shape index (κ2) is 7.99. The van der Waals surface area contributed by atoms with Gasteiger partial charge in [0.2, 0.25) is 5.91 Å². The Hall–Kier alpha value is -2.56. The van der Waals surface area contributed by atoms with Gasteiger partial charge in [-0.05, 0) is 26.3 Å². The molecule has 0 spiro atoms. The number of fused-ring (bicyclic) bond motifs is 1. The maximum Gasteiger partial charge on any atom is 0.227 e. The second-order valence-electron chi connectivity index (χ2n) is 7.30. The number of likely N-dealkylation sites (N-methyl/N-ethyl adjacent to an activating group) is 1. The van der Waals surface area contributed by atoms with Crippen LogP contribution < -0.4 is 0 Å². The van der Waals surface area contributed by atoms with E-state index in [0.29, 0.717) is 13.0 Å². The van der Waals surface area contributed by atoms with Crippen LogP contribution in [0.5, 0.6) is 0 Å². The van der Waals surface area contributed by atoms with E-state index < -0.39 is 0 Å². The Kier molecular flexibility index (Phi) is 5.68. The van der Waals surface area contributed by atoms with E-state index in [1.54, 1.807) is 4.90 Å². The monoisotopic (exact) mass is 367 g/mol. The third kappa shape index (κ3) is 3.92. The molecule has 0 saturated heterocycles. The number of benzene rings is 1. The molecule has 0 fully saturated rings. The maximum atomic E-state index is 12.9. The zero-order valence-corrected chi connectivity index (χ0v) is 17.0. The topological polar surface area (TPSA) is 51.3 Å². The lowest BCUT2D eigenvalue weighted by atomic mass is 10.1. The average Bonchev–Trinajstić information content (AvgIpc) is 3.11. The van der Waals surface area contributed by atoms with E-state index in [0.717, 1.165) is 58.5 Å². The highest BCUT2D eigenvalue weighted by atomic mass is 16.3. The SMILES string of the molecule is CCCCc1oc2ccccc2c1CN(C)C(=O)Cc1c(C)nn(C)c1C. The summed E-state index contributed by atoms with van der Waals surface area (Å²) in [6, 6.07) is 8.09. The van der Waals surface area contributed by atoms with E-state index in [1.165, 1.54) is 0 Å². The summed E-state index contributed by atoms with van der Waals surface area (Å²) in [6.07, 6.45) is 3.48. The Labute approximate surface area is 161 Å². The van der Waals surface area contributed by atoms with Crippen molar-refractivity contribution in [2.45, 2.75) is 53.0 Å². The van der Waals surface area contributed by atoms with Crippen LogP contribution in [0, 0.1) is 13.8 Å². The predicted octanol–water partition coefficient (Wildman–Crippen LogP) is 4.33. The van der Waals surface area contributed by atoms with Crippen LogP contribution in [0.15, 0.2) is 28.7 Å². The molecule has 1 amide bonds. The highest BCUT2D eigenvalue weighted by Crippen LogP contribution is 2.28. The van der Waals surface area contributed by atoms with Gasteiger partial charge in [-0.1, -0.05) is 31.5 Å². The van der Waals surface area contributed by atoms with Crippen LogP contribution >= 0.6 is 0 Å². The number of hydrogen-bond donors (Lipinski definition) is 0. The number of nitrogens with zero attached hydrogens (tertiary/aromatic N) is 3. The Balaban J connectivity index is 1.82. The van der Waals surface area contributed by atoms with Crippen molar-refractivity contribution in [3.8, 4) is 0 Å². The fraction of sp³-hybridized carbons (Fsp3) is 0.455. The maximum absolute atomic E-state index is 12.9. The zero-order chi connectivity index (χ0) is 19.6. The van der Waals surface area contributed by atoms with E-state index >= 15 is 0 Å². The Bertz CT molecular complexity index is 952. The number of amides is 1. The summed E-state index contributed by atoms with van der Waals surface area (Å²) < 4.78 is 7.93. The van der Waals surface area contributed by atoms with Crippen molar-refractivity contribution in [1.29, 1.82) is 0 Å². The number of rotatable bonds is 7. The first-order chi connectivity index (χ1) is 12.9. The van der Waals surface area contributed by atoms with E-state index in [-0.39, 0.29) is 5.91 Å². The van der Waals surface area contributed by atoms with Gasteiger partial charge in [0.05, 0.1) is 12.1 Å². The Morgan fingerprint density at radius 2 is 1.96 bits per heavy atom. The van der Waals surface area contributed by atoms with Crippen molar-refractivity contribution in [3.63, 3.8) is 0 Å². The van der Waals surface area contributed by atoms with E-state index in [1.807, 2.05) is 50.8 Å². The summed E-state index contributed by atoms with van der Waals surface area (Å²) in [6.45, 7) is 6.71. The van der Waals surface area contributed by atoms with Crippen molar-refractivity contribution in [2.75, 3.05) is 7.05 Å². The minimum absolute atomic E-state index is 0.0981. The molecular weight excluding hydrogens is 338 g/mol. The minimum Gasteiger partial charge on any atom is -0.461 e. The third-order valence-corrected chi connectivity index (χ3v) is 5.35. The molecule has 0 aliphatic heterocycles. The normalized spacial score (nSPS) is 11.3. The van der Waals surface area contributed by atoms with Gasteiger partial charge in [0.15, 0.2) is 0 Å². The smallest absolute Gasteiger partial charge is 0.227 e. The molecule has 144 valence electrons. The number of carbonyl (C=O) groups is 1. The molecule has 0 saturated carbocycles. The van der Waals surface area contributed by atoms with Crippen molar-refractivity contribution < 1.29 is 9.21 Å². The van der Waals surface area contributed by atoms with E-state index in [4.69, 9.17) is 4.42 Å². The molecule has 0 aliphatic carbocycles. The van der Waals surface area contributed by atoms with Crippen LogP contribution in [-0.4, -0.2) is 27.6 Å². The molecule has 1 aromatic carbocycles. The summed E-state index contributed by atoms with van der Waals surface area (Å²) in [7, 11) is 3.78. The lowest BCUT2D eigenvalue weighted by Crippen LogP contribution is -2.28. The number of aryl methyl sites for hydroxylation is 3. The quantitative estimate of drug-likeness (QED) is 0.625. The van der Waals surface area contributed by atoms with Crippen LogP contribution in [0.25, 0.3) is 11.0 Å². The zero-order valence-electron chi connectivity index (χ0n) is 17.0. The molecule has 0 unspecified atom stereocenters. The second-order valence-corrected chi connectivity index (χ2v) is 7.30. The molecule has 3 aromatic rings. The van der Waals surface area contributed by atoms with E-state index in [2.05, 4.69) is 18.1 Å². The van der Waals surface area contributed by atoms with Gasteiger partial charge in [0.25, 0.3) is 0 Å². The van der Waals surface area contributed by atoms with Crippen LogP contribution in [0.4, 0.5) is 0 Å². The minimum atomic E-state index is 0.0981. The van der Waals surface area contributed by atoms with Crippen LogP contribution in [0.3, 0.4) is 0 Å². The number of aromatic nitrogens is 2. The van der Waals surface area contributed by atoms with Gasteiger partial charge in [-0.3, -0.25) is 9.48 Å². The molecule has 0 N–H and O–H groups in total. The summed E-state index contributed by atoms with van der Waals surface area (Å²) in [5, 5.41) is 5.53. The largest absolute Gasteiger partial charge is 0.461 e. The number of unbranched alkanes of at least 4 members (excludes halogenated alkanes) is 1. The predicted molar refractivity (Wildman–Crippen MR) is 108 cm³/mol. The molecule has 5 nitrogen and oxygen atoms in total. The lowest BCUT2D eigenvalue weighted by Gasteiger charge is -2.18. The molecule has 2 aromatic heterocycles. The molecule has 0 aliphatic rings. The summed E-state index contributed by atoms with van der Waals surface area (Å²) in [4.78, 5) is 14.7. The standard InChI is InChI=1S/C22H29N3O2/c1-6-7-11-21-19(17-10-8-9-12-20(17)27-21)14-24(4)22(26)13-18-15(2)23-25(5)16(18)3/h8-10,12H,6-7,11,13-14H2,1-5H3. The highest BCUT2D eigenvalue weighted by molar-refractivity contribution is 5.84. The van der Waals surface area contributed by atoms with Gasteiger partial charge in [-0.2, -0.15) is 5.10 Å². The van der Waals surface area contributed by atoms with Crippen molar-refractivity contribution in [3.05, 3.63) is 52.5 Å². The van der Waals surface area contributed by atoms with Gasteiger partial charge < -0.3 is 9.32 Å². The molecule has 2 heterocycles. The van der Waals surface area contributed by atoms with Crippen LogP contribution in [0.2, 0.25) is 0 Å². The van der Waals surface area contributed by atoms with Gasteiger partial charge in [0, 0.05) is 49.3 Å². The Morgan fingerprint density at radius 3 is 2.63 bits per heavy atom. The molecule has 0 atom stereocenters. The Morgan fingerprint density at radius 1 is 1.22 bits per heavy atom. The van der Waals surface area contributed by atoms with Crippen LogP contribution in [0.1, 0.15) is 48.0 Å². The van der Waals surface area contributed by atoms with Crippen molar-refractivity contribution >= 4 is 16.9 Å². The number of furan rings is 1. The molecule has 0 bridgehead atoms. The summed E-state index contributed by atoms with van der Waals surface area (Å²) >= 11 is 0. The molecule has 0 radical (unpaired) electrons. The van der Waals surface area contributed by atoms with Gasteiger partial charge >= 0.3 is 0 Å². The number of hydrogen-bond acceptors (Lipinski definition) is 3. The summed E-state index contributed by atoms with van der Waals surface area (Å²) in [5.74, 6) is 1.10. The van der Waals surface area contributed by atoms with Gasteiger partial charge in [-0.25, -0.2) is 0 Å². The van der Waals surface area contributed by atoms with Crippen molar-refractivity contribution in [1.82, 2.24) is 14.7 Å². The van der Waals surface area contributed by atoms with Gasteiger partial charge in [0.1, 0.15) is 11.3 Å². The first-order valence-corrected chi connectivity index (χ1v) is 9.64. The number of carbonyl (C=O) groups excluding carboxylic acids is 1. The third-order valence-electron chi connectivity index (χ3n) is 5.35. The van der Waals surface area contributed by atoms with Crippen molar-refractivity contribution in [2.24, 2.45) is 7.05 Å². The first kappa shape index (κ1) is 19.2. The number of para-hydroxylation sites is 1. The first-order valence-electron chi connectivity index (χ1n) is 9.64. The van der Waals surface area contributed by atoms with E-state index in [9.17, 15) is 4.79 Å². The lowest BCUT2D eigenvalue weighted by molar-refractivity contribution is -0.129. The molecular formula is C22H29N3O2. The summed E-state index contributed by atoms with van der Waals surface area (Å²) in [5.41, 5.74) is 5.03. The highest BCUT2D eigenvalue weighted by Gasteiger charge is 2.20. The fourth-order valence-electron chi connectivity index (χ4n) is 3.55. The average molecular weight is 367 g/mol. The van der Waals surface area contributed by atoms with Gasteiger partial charge in [-0.15, -0.1) is 0 Å².